The summed E-state index contributed by atoms with van der Waals surface area (Å²) in [5, 5.41) is 9.39. The Balaban J connectivity index is 2.55. The van der Waals surface area contributed by atoms with Crippen molar-refractivity contribution >= 4 is 9.84 Å². The minimum atomic E-state index is -2.99. The van der Waals surface area contributed by atoms with Gasteiger partial charge in [-0.2, -0.15) is 0 Å². The predicted molar refractivity (Wildman–Crippen MR) is 66.9 cm³/mol. The molecule has 1 N–H and O–H groups in total. The zero-order valence-electron chi connectivity index (χ0n) is 10.1. The monoisotopic (exact) mass is 258 g/mol. The lowest BCUT2D eigenvalue weighted by molar-refractivity contribution is 0.198. The Kier molecular flexibility index (Phi) is 4.96. The lowest BCUT2D eigenvalue weighted by atomic mass is 10.1. The molecule has 0 aromatic heterocycles. The zero-order chi connectivity index (χ0) is 12.9. The molecule has 5 heteroatoms. The van der Waals surface area contributed by atoms with Crippen molar-refractivity contribution in [2.24, 2.45) is 0 Å². The molecule has 96 valence electrons. The number of ether oxygens (including phenoxy) is 1. The molecular formula is C12H18O4S. The van der Waals surface area contributed by atoms with Gasteiger partial charge in [-0.25, -0.2) is 8.42 Å². The molecule has 0 heterocycles. The lowest BCUT2D eigenvalue weighted by Gasteiger charge is -2.09. The summed E-state index contributed by atoms with van der Waals surface area (Å²) in [6.45, 7) is 3.42. The van der Waals surface area contributed by atoms with Crippen LogP contribution < -0.4 is 4.74 Å². The Labute approximate surface area is 102 Å². The first-order valence-electron chi connectivity index (χ1n) is 5.56. The topological polar surface area (TPSA) is 63.6 Å². The predicted octanol–water partition coefficient (Wildman–Crippen LogP) is 1.55. The Morgan fingerprint density at radius 2 is 2.12 bits per heavy atom. The van der Waals surface area contributed by atoms with Crippen molar-refractivity contribution < 1.29 is 18.3 Å². The maximum absolute atomic E-state index is 11.2. The average Bonchev–Trinajstić information content (AvgIpc) is 2.29. The van der Waals surface area contributed by atoms with Gasteiger partial charge in [-0.15, -0.1) is 0 Å². The minimum Gasteiger partial charge on any atom is -0.493 e. The van der Waals surface area contributed by atoms with Crippen molar-refractivity contribution in [2.75, 3.05) is 18.1 Å². The van der Waals surface area contributed by atoms with Gasteiger partial charge >= 0.3 is 0 Å². The Morgan fingerprint density at radius 3 is 2.71 bits per heavy atom. The number of sulfone groups is 1. The van der Waals surface area contributed by atoms with Gasteiger partial charge < -0.3 is 9.84 Å². The molecule has 0 radical (unpaired) electrons. The van der Waals surface area contributed by atoms with Crippen LogP contribution >= 0.6 is 0 Å². The van der Waals surface area contributed by atoms with Crippen LogP contribution in [0.25, 0.3) is 0 Å². The molecule has 0 fully saturated rings. The van der Waals surface area contributed by atoms with Crippen LogP contribution in [0.5, 0.6) is 5.75 Å². The molecule has 0 aliphatic rings. The summed E-state index contributed by atoms with van der Waals surface area (Å²) >= 11 is 0. The van der Waals surface area contributed by atoms with E-state index in [0.717, 1.165) is 5.56 Å². The van der Waals surface area contributed by atoms with Crippen LogP contribution in [-0.2, 0) is 9.84 Å². The van der Waals surface area contributed by atoms with Gasteiger partial charge in [0.25, 0.3) is 0 Å². The van der Waals surface area contributed by atoms with Gasteiger partial charge in [-0.05, 0) is 24.6 Å². The number of aliphatic hydroxyl groups is 1. The fourth-order valence-corrected chi connectivity index (χ4v) is 1.92. The lowest BCUT2D eigenvalue weighted by Crippen LogP contribution is -2.15. The number of aliphatic hydroxyl groups excluding tert-OH is 1. The van der Waals surface area contributed by atoms with E-state index < -0.39 is 15.9 Å². The highest BCUT2D eigenvalue weighted by molar-refractivity contribution is 7.91. The highest BCUT2D eigenvalue weighted by Gasteiger charge is 2.08. The van der Waals surface area contributed by atoms with Gasteiger partial charge in [0.05, 0.1) is 11.9 Å². The third-order valence-electron chi connectivity index (χ3n) is 2.44. The van der Waals surface area contributed by atoms with Crippen molar-refractivity contribution in [3.63, 3.8) is 0 Å². The van der Waals surface area contributed by atoms with Crippen molar-refractivity contribution in [2.45, 2.75) is 20.0 Å². The van der Waals surface area contributed by atoms with E-state index in [0.29, 0.717) is 5.75 Å². The Bertz CT molecular complexity index is 451. The molecular weight excluding hydrogens is 240 g/mol. The van der Waals surface area contributed by atoms with E-state index in [1.54, 1.807) is 38.1 Å². The summed E-state index contributed by atoms with van der Waals surface area (Å²) in [6.07, 6.45) is -0.557. The third kappa shape index (κ3) is 4.75. The maximum atomic E-state index is 11.2. The fraction of sp³-hybridized carbons (Fsp3) is 0.500. The van der Waals surface area contributed by atoms with Crippen molar-refractivity contribution in [3.8, 4) is 5.75 Å². The highest BCUT2D eigenvalue weighted by atomic mass is 32.2. The van der Waals surface area contributed by atoms with Crippen molar-refractivity contribution in [1.29, 1.82) is 0 Å². The van der Waals surface area contributed by atoms with Crippen LogP contribution in [0.4, 0.5) is 0 Å². The van der Waals surface area contributed by atoms with Crippen LogP contribution in [0.1, 0.15) is 25.5 Å². The molecule has 0 aliphatic carbocycles. The van der Waals surface area contributed by atoms with Crippen molar-refractivity contribution in [3.05, 3.63) is 29.8 Å². The third-order valence-corrected chi connectivity index (χ3v) is 4.11. The van der Waals surface area contributed by atoms with Gasteiger partial charge in [0.1, 0.15) is 12.4 Å². The molecule has 0 saturated heterocycles. The first-order valence-corrected chi connectivity index (χ1v) is 7.38. The number of hydrogen-bond acceptors (Lipinski definition) is 4. The van der Waals surface area contributed by atoms with Crippen LogP contribution in [-0.4, -0.2) is 31.6 Å². The number of rotatable bonds is 6. The normalized spacial score (nSPS) is 13.4. The summed E-state index contributed by atoms with van der Waals surface area (Å²) in [7, 11) is -2.99. The highest BCUT2D eigenvalue weighted by Crippen LogP contribution is 2.18. The van der Waals surface area contributed by atoms with E-state index in [1.165, 1.54) is 0 Å². The van der Waals surface area contributed by atoms with Gasteiger partial charge in [0, 0.05) is 5.75 Å². The second-order valence-electron chi connectivity index (χ2n) is 3.83. The molecule has 0 aliphatic heterocycles. The minimum absolute atomic E-state index is 0.0163. The van der Waals surface area contributed by atoms with Crippen LogP contribution in [0.2, 0.25) is 0 Å². The standard InChI is InChI=1S/C12H18O4S/c1-3-17(14,15)8-7-16-12-6-4-5-11(9-12)10(2)13/h4-6,9-10,13H,3,7-8H2,1-2H3. The molecule has 0 saturated carbocycles. The average molecular weight is 258 g/mol. The Hall–Kier alpha value is -1.07. The van der Waals surface area contributed by atoms with Crippen LogP contribution in [0.15, 0.2) is 24.3 Å². The summed E-state index contributed by atoms with van der Waals surface area (Å²) in [5.74, 6) is 0.724. The van der Waals surface area contributed by atoms with Gasteiger partial charge in [0.2, 0.25) is 0 Å². The smallest absolute Gasteiger partial charge is 0.153 e. The van der Waals surface area contributed by atoms with Gasteiger partial charge in [0.15, 0.2) is 9.84 Å². The number of hydrogen-bond donors (Lipinski definition) is 1. The molecule has 1 aromatic rings. The van der Waals surface area contributed by atoms with Crippen LogP contribution in [0.3, 0.4) is 0 Å². The first-order chi connectivity index (χ1) is 7.94. The van der Waals surface area contributed by atoms with Gasteiger partial charge in [-0.1, -0.05) is 19.1 Å². The van der Waals surface area contributed by atoms with E-state index in [1.807, 2.05) is 0 Å². The van der Waals surface area contributed by atoms with Crippen LogP contribution in [0, 0.1) is 0 Å². The maximum Gasteiger partial charge on any atom is 0.153 e. The van der Waals surface area contributed by atoms with E-state index in [-0.39, 0.29) is 18.1 Å². The summed E-state index contributed by atoms with van der Waals surface area (Å²) in [5.41, 5.74) is 0.751. The molecule has 1 atom stereocenters. The molecule has 1 unspecified atom stereocenters. The molecule has 17 heavy (non-hydrogen) atoms. The number of benzene rings is 1. The molecule has 0 bridgehead atoms. The summed E-state index contributed by atoms with van der Waals surface area (Å²) < 4.78 is 27.8. The molecule has 1 rings (SSSR count). The largest absolute Gasteiger partial charge is 0.493 e. The second kappa shape index (κ2) is 6.02. The first kappa shape index (κ1) is 14.0. The summed E-state index contributed by atoms with van der Waals surface area (Å²) in [4.78, 5) is 0. The van der Waals surface area contributed by atoms with Crippen molar-refractivity contribution in [1.82, 2.24) is 0 Å². The van der Waals surface area contributed by atoms with Gasteiger partial charge in [-0.3, -0.25) is 0 Å². The molecule has 4 nitrogen and oxygen atoms in total. The van der Waals surface area contributed by atoms with E-state index in [9.17, 15) is 13.5 Å². The fourth-order valence-electron chi connectivity index (χ4n) is 1.30. The SMILES string of the molecule is CCS(=O)(=O)CCOc1cccc(C(C)O)c1. The molecule has 0 spiro atoms. The zero-order valence-corrected chi connectivity index (χ0v) is 10.9. The molecule has 0 amide bonds. The Morgan fingerprint density at radius 1 is 1.41 bits per heavy atom. The second-order valence-corrected chi connectivity index (χ2v) is 6.31. The quantitative estimate of drug-likeness (QED) is 0.841. The van der Waals surface area contributed by atoms with E-state index in [2.05, 4.69) is 0 Å². The van der Waals surface area contributed by atoms with E-state index in [4.69, 9.17) is 4.74 Å². The van der Waals surface area contributed by atoms with E-state index >= 15 is 0 Å². The summed E-state index contributed by atoms with van der Waals surface area (Å²) in [6, 6.07) is 7.01. The molecule has 1 aromatic carbocycles.